The zero-order valence-electron chi connectivity index (χ0n) is 13.6. The number of rotatable bonds is 5. The molecule has 25 heavy (non-hydrogen) atoms. The molecular formula is C18H17N3O3S. The molecule has 128 valence electrons. The second kappa shape index (κ2) is 7.85. The Morgan fingerprint density at radius 1 is 1.44 bits per heavy atom. The maximum Gasteiger partial charge on any atom is 0.272 e. The first-order chi connectivity index (χ1) is 12.2. The summed E-state index contributed by atoms with van der Waals surface area (Å²) in [6.07, 6.45) is 7.59. The molecule has 0 bridgehead atoms. The Bertz CT molecular complexity index is 835. The minimum atomic E-state index is -0.372. The van der Waals surface area contributed by atoms with Crippen LogP contribution in [-0.2, 0) is 0 Å². The van der Waals surface area contributed by atoms with Crippen LogP contribution in [0.3, 0.4) is 0 Å². The Kier molecular flexibility index (Phi) is 5.35. The second-order valence-electron chi connectivity index (χ2n) is 5.22. The van der Waals surface area contributed by atoms with Gasteiger partial charge in [-0.05, 0) is 30.7 Å². The molecule has 0 spiro atoms. The molecule has 2 heterocycles. The average Bonchev–Trinajstić information content (AvgIpc) is 3.18. The summed E-state index contributed by atoms with van der Waals surface area (Å²) in [6, 6.07) is 6.92. The van der Waals surface area contributed by atoms with Gasteiger partial charge in [0.2, 0.25) is 0 Å². The lowest BCUT2D eigenvalue weighted by atomic mass is 10.1. The summed E-state index contributed by atoms with van der Waals surface area (Å²) in [5.41, 5.74) is 4.22. The smallest absolute Gasteiger partial charge is 0.272 e. The maximum atomic E-state index is 12.0. The molecule has 1 amide bonds. The van der Waals surface area contributed by atoms with Gasteiger partial charge in [0.25, 0.3) is 5.91 Å². The van der Waals surface area contributed by atoms with Gasteiger partial charge in [-0.15, -0.1) is 11.8 Å². The largest absolute Gasteiger partial charge is 0.504 e. The van der Waals surface area contributed by atoms with Crippen LogP contribution in [0.4, 0.5) is 0 Å². The fraction of sp³-hybridized carbons (Fsp3) is 0.167. The minimum absolute atomic E-state index is 0.00669. The Morgan fingerprint density at radius 2 is 2.32 bits per heavy atom. The van der Waals surface area contributed by atoms with E-state index in [0.29, 0.717) is 16.9 Å². The molecule has 0 unspecified atom stereocenters. The first-order valence-electron chi connectivity index (χ1n) is 7.67. The van der Waals surface area contributed by atoms with Crippen molar-refractivity contribution in [1.29, 1.82) is 0 Å². The normalized spacial score (nSPS) is 13.7. The van der Waals surface area contributed by atoms with E-state index in [1.807, 2.05) is 6.07 Å². The highest BCUT2D eigenvalue weighted by Crippen LogP contribution is 2.40. The van der Waals surface area contributed by atoms with E-state index in [-0.39, 0.29) is 11.7 Å². The van der Waals surface area contributed by atoms with Crippen LogP contribution in [0.2, 0.25) is 0 Å². The van der Waals surface area contributed by atoms with Gasteiger partial charge in [0.1, 0.15) is 0 Å². The van der Waals surface area contributed by atoms with Crippen molar-refractivity contribution in [3.05, 3.63) is 59.4 Å². The van der Waals surface area contributed by atoms with Crippen molar-refractivity contribution in [2.75, 3.05) is 12.9 Å². The number of carbonyl (C=O) groups excluding carboxylic acids is 1. The van der Waals surface area contributed by atoms with E-state index in [2.05, 4.69) is 21.6 Å². The molecule has 0 aliphatic carbocycles. The number of hydrogen-bond acceptors (Lipinski definition) is 6. The molecule has 7 heteroatoms. The molecule has 0 saturated carbocycles. The van der Waals surface area contributed by atoms with Gasteiger partial charge in [-0.1, -0.05) is 6.08 Å². The number of methoxy groups -OCH3 is 1. The topological polar surface area (TPSA) is 83.8 Å². The second-order valence-corrected chi connectivity index (χ2v) is 6.36. The highest BCUT2D eigenvalue weighted by Gasteiger charge is 2.17. The van der Waals surface area contributed by atoms with Gasteiger partial charge >= 0.3 is 0 Å². The van der Waals surface area contributed by atoms with Gasteiger partial charge in [-0.3, -0.25) is 9.78 Å². The van der Waals surface area contributed by atoms with Crippen molar-refractivity contribution in [2.24, 2.45) is 5.10 Å². The lowest BCUT2D eigenvalue weighted by molar-refractivity contribution is 0.0954. The minimum Gasteiger partial charge on any atom is -0.504 e. The number of carbonyl (C=O) groups is 1. The highest BCUT2D eigenvalue weighted by molar-refractivity contribution is 8.08. The van der Waals surface area contributed by atoms with Crippen molar-refractivity contribution in [2.45, 2.75) is 6.42 Å². The highest BCUT2D eigenvalue weighted by atomic mass is 32.2. The van der Waals surface area contributed by atoms with Gasteiger partial charge < -0.3 is 9.84 Å². The monoisotopic (exact) mass is 355 g/mol. The van der Waals surface area contributed by atoms with E-state index in [1.165, 1.54) is 19.5 Å². The molecule has 1 aromatic heterocycles. The lowest BCUT2D eigenvalue weighted by Gasteiger charge is -2.12. The summed E-state index contributed by atoms with van der Waals surface area (Å²) < 4.78 is 5.17. The Labute approximate surface area is 149 Å². The summed E-state index contributed by atoms with van der Waals surface area (Å²) in [5.74, 6) is 0.985. The van der Waals surface area contributed by atoms with Crippen LogP contribution < -0.4 is 10.2 Å². The number of phenolic OH excluding ortho intramolecular Hbond substituents is 1. The zero-order chi connectivity index (χ0) is 17.6. The van der Waals surface area contributed by atoms with Crippen molar-refractivity contribution in [1.82, 2.24) is 10.4 Å². The lowest BCUT2D eigenvalue weighted by Crippen LogP contribution is -2.17. The standard InChI is InChI=1S/C18H17N3O3S/c1-24-15-7-6-13(16-5-3-9-25-16)14(17(15)22)11-20-21-18(23)12-4-2-8-19-10-12/h2,4-8,10-11,22H,3,9H2,1H3,(H,21,23)/b20-11+. The molecule has 0 atom stereocenters. The number of nitrogens with zero attached hydrogens (tertiary/aromatic N) is 2. The van der Waals surface area contributed by atoms with E-state index in [1.54, 1.807) is 36.2 Å². The molecule has 1 aliphatic heterocycles. The van der Waals surface area contributed by atoms with Crippen LogP contribution in [0.1, 0.15) is 27.9 Å². The molecule has 1 aliphatic rings. The molecule has 3 rings (SSSR count). The van der Waals surface area contributed by atoms with E-state index in [0.717, 1.165) is 22.6 Å². The molecule has 2 N–H and O–H groups in total. The van der Waals surface area contributed by atoms with Gasteiger partial charge in [0.05, 0.1) is 18.9 Å². The predicted octanol–water partition coefficient (Wildman–Crippen LogP) is 3.04. The third-order valence-electron chi connectivity index (χ3n) is 3.65. The van der Waals surface area contributed by atoms with Gasteiger partial charge in [-0.2, -0.15) is 5.10 Å². The van der Waals surface area contributed by atoms with Crippen LogP contribution >= 0.6 is 11.8 Å². The molecular weight excluding hydrogens is 338 g/mol. The third-order valence-corrected chi connectivity index (χ3v) is 4.79. The van der Waals surface area contributed by atoms with Crippen molar-refractivity contribution >= 4 is 28.8 Å². The average molecular weight is 355 g/mol. The summed E-state index contributed by atoms with van der Waals surface area (Å²) in [7, 11) is 1.49. The Morgan fingerprint density at radius 3 is 3.00 bits per heavy atom. The van der Waals surface area contributed by atoms with Crippen molar-refractivity contribution in [3.8, 4) is 11.5 Å². The van der Waals surface area contributed by atoms with Crippen LogP contribution in [0.5, 0.6) is 11.5 Å². The molecule has 6 nitrogen and oxygen atoms in total. The number of ether oxygens (including phenoxy) is 1. The van der Waals surface area contributed by atoms with Gasteiger partial charge in [-0.25, -0.2) is 5.43 Å². The van der Waals surface area contributed by atoms with Crippen molar-refractivity contribution in [3.63, 3.8) is 0 Å². The SMILES string of the molecule is COc1ccc(C2=CCCS2)c(/C=N/NC(=O)c2cccnc2)c1O. The van der Waals surface area contributed by atoms with E-state index < -0.39 is 0 Å². The number of pyridine rings is 1. The van der Waals surface area contributed by atoms with E-state index in [4.69, 9.17) is 4.74 Å². The van der Waals surface area contributed by atoms with Gasteiger partial charge in [0.15, 0.2) is 11.5 Å². The number of benzene rings is 1. The maximum absolute atomic E-state index is 12.0. The summed E-state index contributed by atoms with van der Waals surface area (Å²) in [5, 5.41) is 14.4. The van der Waals surface area contributed by atoms with Crippen LogP contribution in [0.25, 0.3) is 4.91 Å². The number of amides is 1. The van der Waals surface area contributed by atoms with E-state index in [9.17, 15) is 9.90 Å². The fourth-order valence-corrected chi connectivity index (χ4v) is 3.45. The number of hydrazone groups is 1. The number of phenols is 1. The molecule has 0 radical (unpaired) electrons. The van der Waals surface area contributed by atoms with Crippen molar-refractivity contribution < 1.29 is 14.6 Å². The predicted molar refractivity (Wildman–Crippen MR) is 99.0 cm³/mol. The van der Waals surface area contributed by atoms with Crippen LogP contribution in [0.15, 0.2) is 47.8 Å². The number of thioether (sulfide) groups is 1. The molecule has 2 aromatic rings. The molecule has 0 fully saturated rings. The first-order valence-corrected chi connectivity index (χ1v) is 8.66. The number of nitrogens with one attached hydrogen (secondary N) is 1. The Hall–Kier alpha value is -2.80. The zero-order valence-corrected chi connectivity index (χ0v) is 14.4. The van der Waals surface area contributed by atoms with E-state index >= 15 is 0 Å². The number of aromatic hydroxyl groups is 1. The molecule has 1 aromatic carbocycles. The third kappa shape index (κ3) is 3.83. The summed E-state index contributed by atoms with van der Waals surface area (Å²) >= 11 is 1.72. The summed E-state index contributed by atoms with van der Waals surface area (Å²) in [4.78, 5) is 17.0. The first kappa shape index (κ1) is 17.0. The van der Waals surface area contributed by atoms with Crippen LogP contribution in [-0.4, -0.2) is 35.1 Å². The summed E-state index contributed by atoms with van der Waals surface area (Å²) in [6.45, 7) is 0. The number of allylic oxidation sites excluding steroid dienone is 1. The quantitative estimate of drug-likeness (QED) is 0.636. The fourth-order valence-electron chi connectivity index (χ4n) is 2.42. The number of aromatic nitrogens is 1. The molecule has 0 saturated heterocycles. The van der Waals surface area contributed by atoms with Crippen LogP contribution in [0, 0.1) is 0 Å². The number of hydrogen-bond donors (Lipinski definition) is 2. The Balaban J connectivity index is 1.86. The van der Waals surface area contributed by atoms with Gasteiger partial charge in [0, 0.05) is 34.2 Å².